The molecule has 4 N–H and O–H groups in total. The minimum Gasteiger partial charge on any atom is -0.396 e. The molecule has 0 aliphatic heterocycles. The maximum Gasteiger partial charge on any atom is 0.291 e. The van der Waals surface area contributed by atoms with Gasteiger partial charge in [0.25, 0.3) is 15.3 Å². The quantitative estimate of drug-likeness (QED) is 0.340. The SMILES string of the molecule is CCCO.O=[N+]([O-])O.O=[N+]([O-])O.O=[N+]([O-])O. The molecule has 16 heavy (non-hydrogen) atoms. The topological polar surface area (TPSA) is 210 Å². The molecule has 0 bridgehead atoms. The summed E-state index contributed by atoms with van der Waals surface area (Å²) in [5.41, 5.74) is 0. The summed E-state index contributed by atoms with van der Waals surface area (Å²) in [6.07, 6.45) is 0.875. The summed E-state index contributed by atoms with van der Waals surface area (Å²) in [6, 6.07) is 0. The zero-order valence-corrected chi connectivity index (χ0v) is 7.99. The second-order valence-electron chi connectivity index (χ2n) is 1.44. The Morgan fingerprint density at radius 1 is 0.875 bits per heavy atom. The summed E-state index contributed by atoms with van der Waals surface area (Å²) in [5.74, 6) is 0. The lowest BCUT2D eigenvalue weighted by atomic mass is 10.5. The van der Waals surface area contributed by atoms with Gasteiger partial charge in [-0.3, -0.25) is 0 Å². The van der Waals surface area contributed by atoms with E-state index in [2.05, 4.69) is 0 Å². The van der Waals surface area contributed by atoms with E-state index in [0.717, 1.165) is 6.42 Å². The Morgan fingerprint density at radius 3 is 0.938 bits per heavy atom. The molecule has 0 radical (unpaired) electrons. The third kappa shape index (κ3) is 622. The van der Waals surface area contributed by atoms with E-state index >= 15 is 0 Å². The van der Waals surface area contributed by atoms with Crippen molar-refractivity contribution >= 4 is 0 Å². The number of nitrogens with zero attached hydrogens (tertiary/aromatic N) is 3. The van der Waals surface area contributed by atoms with Gasteiger partial charge in [0.05, 0.1) is 0 Å². The third-order valence-electron chi connectivity index (χ3n) is 0.224. The molecule has 0 unspecified atom stereocenters. The van der Waals surface area contributed by atoms with Gasteiger partial charge in [-0.15, -0.1) is 30.3 Å². The number of aliphatic hydroxyl groups is 1. The molecule has 0 aromatic carbocycles. The van der Waals surface area contributed by atoms with Crippen LogP contribution in [0.1, 0.15) is 13.3 Å². The Kier molecular flexibility index (Phi) is 33.5. The molecule has 0 rings (SSSR count). The Hall–Kier alpha value is -2.44. The third-order valence-corrected chi connectivity index (χ3v) is 0.224. The number of aliphatic hydroxyl groups excluding tert-OH is 1. The van der Waals surface area contributed by atoms with Crippen LogP contribution in [0, 0.1) is 30.3 Å². The highest BCUT2D eigenvalue weighted by Gasteiger charge is 1.66. The van der Waals surface area contributed by atoms with Gasteiger partial charge in [0.15, 0.2) is 0 Å². The molecule has 0 fully saturated rings. The number of rotatable bonds is 1. The van der Waals surface area contributed by atoms with Crippen LogP contribution in [0.3, 0.4) is 0 Å². The summed E-state index contributed by atoms with van der Waals surface area (Å²) >= 11 is 0. The zero-order chi connectivity index (χ0) is 14.1. The molecule has 0 heterocycles. The van der Waals surface area contributed by atoms with Gasteiger partial charge >= 0.3 is 0 Å². The van der Waals surface area contributed by atoms with E-state index in [-0.39, 0.29) is 0 Å². The van der Waals surface area contributed by atoms with Crippen LogP contribution in [0.15, 0.2) is 0 Å². The van der Waals surface area contributed by atoms with Crippen LogP contribution in [0.4, 0.5) is 0 Å². The maximum absolute atomic E-state index is 8.36. The average Bonchev–Trinajstić information content (AvgIpc) is 2.00. The highest BCUT2D eigenvalue weighted by Crippen LogP contribution is 1.61. The first-order valence-electron chi connectivity index (χ1n) is 3.22. The molecule has 0 atom stereocenters. The first kappa shape index (κ1) is 23.4. The van der Waals surface area contributed by atoms with Gasteiger partial charge in [-0.2, -0.15) is 0 Å². The standard InChI is InChI=1S/C3H8O.3HNO3/c1-2-3-4;3*2-1(3)4/h4H,2-3H2,1H3;3*(H,2,3,4). The van der Waals surface area contributed by atoms with Crippen molar-refractivity contribution in [3.05, 3.63) is 30.3 Å². The second kappa shape index (κ2) is 22.9. The van der Waals surface area contributed by atoms with Gasteiger partial charge in [-0.1, -0.05) is 6.92 Å². The van der Waals surface area contributed by atoms with E-state index in [9.17, 15) is 0 Å². The van der Waals surface area contributed by atoms with Gasteiger partial charge in [-0.05, 0) is 6.42 Å². The van der Waals surface area contributed by atoms with Crippen LogP contribution in [0.2, 0.25) is 0 Å². The fraction of sp³-hybridized carbons (Fsp3) is 1.00. The first-order chi connectivity index (χ1) is 7.11. The lowest BCUT2D eigenvalue weighted by Crippen LogP contribution is -1.81. The van der Waals surface area contributed by atoms with E-state index in [0.29, 0.717) is 6.61 Å². The molecule has 0 saturated heterocycles. The predicted octanol–water partition coefficient (Wildman–Crippen LogP) is -0.654. The number of hydrogen-bond donors (Lipinski definition) is 4. The minimum absolute atomic E-state index is 0.319. The van der Waals surface area contributed by atoms with E-state index < -0.39 is 15.3 Å². The Balaban J connectivity index is -0.0000000600. The molecular formula is C3H11N3O10. The van der Waals surface area contributed by atoms with Crippen LogP contribution < -0.4 is 0 Å². The molecule has 0 amide bonds. The summed E-state index contributed by atoms with van der Waals surface area (Å²) < 4.78 is 0. The summed E-state index contributed by atoms with van der Waals surface area (Å²) in [5, 5.41) is 48.8. The molecule has 0 aliphatic carbocycles. The van der Waals surface area contributed by atoms with Crippen LogP contribution in [0.25, 0.3) is 0 Å². The van der Waals surface area contributed by atoms with Crippen molar-refractivity contribution in [2.75, 3.05) is 6.61 Å². The first-order valence-corrected chi connectivity index (χ1v) is 3.22. The van der Waals surface area contributed by atoms with Crippen LogP contribution in [-0.2, 0) is 0 Å². The van der Waals surface area contributed by atoms with Gasteiger partial charge in [0, 0.05) is 6.61 Å². The van der Waals surface area contributed by atoms with Crippen LogP contribution in [-0.4, -0.2) is 42.6 Å². The van der Waals surface area contributed by atoms with Crippen molar-refractivity contribution in [3.8, 4) is 0 Å². The van der Waals surface area contributed by atoms with Crippen molar-refractivity contribution in [2.45, 2.75) is 13.3 Å². The van der Waals surface area contributed by atoms with E-state index in [1.807, 2.05) is 6.92 Å². The monoisotopic (exact) mass is 249 g/mol. The van der Waals surface area contributed by atoms with Crippen molar-refractivity contribution in [1.82, 2.24) is 0 Å². The molecule has 13 heteroatoms. The predicted molar refractivity (Wildman–Crippen MR) is 43.7 cm³/mol. The summed E-state index contributed by atoms with van der Waals surface area (Å²) in [4.78, 5) is 25.1. The molecule has 0 aromatic rings. The van der Waals surface area contributed by atoms with E-state index in [4.69, 9.17) is 51.1 Å². The normalized spacial score (nSPS) is 6.38. The van der Waals surface area contributed by atoms with Crippen molar-refractivity contribution < 1.29 is 36.0 Å². The summed E-state index contributed by atoms with van der Waals surface area (Å²) in [6.45, 7) is 2.25. The van der Waals surface area contributed by atoms with Crippen molar-refractivity contribution in [2.24, 2.45) is 0 Å². The zero-order valence-electron chi connectivity index (χ0n) is 7.99. The van der Waals surface area contributed by atoms with Crippen molar-refractivity contribution in [3.63, 3.8) is 0 Å². The highest BCUT2D eigenvalue weighted by molar-refractivity contribution is 4.10. The van der Waals surface area contributed by atoms with Gasteiger partial charge in [-0.25, -0.2) is 0 Å². The Bertz CT molecular complexity index is 140. The molecular weight excluding hydrogens is 238 g/mol. The molecule has 0 aromatic heterocycles. The second-order valence-corrected chi connectivity index (χ2v) is 1.44. The van der Waals surface area contributed by atoms with Crippen molar-refractivity contribution in [1.29, 1.82) is 0 Å². The fourth-order valence-corrected chi connectivity index (χ4v) is 0. The maximum atomic E-state index is 8.36. The van der Waals surface area contributed by atoms with E-state index in [1.54, 1.807) is 0 Å². The lowest BCUT2D eigenvalue weighted by Gasteiger charge is -1.69. The minimum atomic E-state index is -1.50. The van der Waals surface area contributed by atoms with Crippen LogP contribution >= 0.6 is 0 Å². The summed E-state index contributed by atoms with van der Waals surface area (Å²) in [7, 11) is 0. The number of hydrogen-bond acceptors (Lipinski definition) is 7. The van der Waals surface area contributed by atoms with Gasteiger partial charge in [0.2, 0.25) is 0 Å². The molecule has 0 aliphatic rings. The fourth-order valence-electron chi connectivity index (χ4n) is 0. The molecule has 13 nitrogen and oxygen atoms in total. The molecule has 0 saturated carbocycles. The molecule has 98 valence electrons. The van der Waals surface area contributed by atoms with Gasteiger partial charge < -0.3 is 20.7 Å². The lowest BCUT2D eigenvalue weighted by molar-refractivity contribution is -0.742. The molecule has 0 spiro atoms. The largest absolute Gasteiger partial charge is 0.396 e. The van der Waals surface area contributed by atoms with Crippen LogP contribution in [0.5, 0.6) is 0 Å². The van der Waals surface area contributed by atoms with Gasteiger partial charge in [0.1, 0.15) is 0 Å². The van der Waals surface area contributed by atoms with E-state index in [1.165, 1.54) is 0 Å². The Labute approximate surface area is 87.5 Å². The Morgan fingerprint density at radius 2 is 0.938 bits per heavy atom. The highest BCUT2D eigenvalue weighted by atomic mass is 16.9. The average molecular weight is 249 g/mol. The smallest absolute Gasteiger partial charge is 0.291 e.